The standard InChI is InChI=1S/C15H15NO4/c1-2-20-15(19)12-10-11(12)14(18)16(13(10)17)8-9-6-4-3-5-7-9/h3-7,12,17-18H,2,8H2,1H3. The summed E-state index contributed by atoms with van der Waals surface area (Å²) in [6.07, 6.45) is 0. The molecule has 1 heterocycles. The third-order valence-electron chi connectivity index (χ3n) is 3.48. The Morgan fingerprint density at radius 1 is 1.20 bits per heavy atom. The molecule has 1 aliphatic rings. The molecule has 0 atom stereocenters. The molecule has 3 rings (SSSR count). The van der Waals surface area contributed by atoms with Gasteiger partial charge < -0.3 is 14.9 Å². The minimum absolute atomic E-state index is 0.0561. The van der Waals surface area contributed by atoms with E-state index in [1.807, 2.05) is 30.3 Å². The molecule has 0 spiro atoms. The maximum Gasteiger partial charge on any atom is 0.318 e. The first-order valence-electron chi connectivity index (χ1n) is 6.49. The van der Waals surface area contributed by atoms with Gasteiger partial charge in [-0.3, -0.25) is 9.36 Å². The zero-order valence-corrected chi connectivity index (χ0v) is 11.0. The maximum atomic E-state index is 11.6. The van der Waals surface area contributed by atoms with Crippen molar-refractivity contribution in [3.05, 3.63) is 47.0 Å². The van der Waals surface area contributed by atoms with Gasteiger partial charge in [0.15, 0.2) is 11.8 Å². The second-order valence-corrected chi connectivity index (χ2v) is 4.73. The van der Waals surface area contributed by atoms with Crippen LogP contribution in [0.15, 0.2) is 30.3 Å². The van der Waals surface area contributed by atoms with Crippen LogP contribution >= 0.6 is 0 Å². The van der Waals surface area contributed by atoms with Crippen molar-refractivity contribution in [2.24, 2.45) is 0 Å². The Morgan fingerprint density at radius 2 is 1.80 bits per heavy atom. The summed E-state index contributed by atoms with van der Waals surface area (Å²) >= 11 is 0. The minimum atomic E-state index is -0.595. The molecule has 0 saturated carbocycles. The van der Waals surface area contributed by atoms with E-state index in [1.54, 1.807) is 6.92 Å². The summed E-state index contributed by atoms with van der Waals surface area (Å²) in [5.74, 6) is -1.13. The van der Waals surface area contributed by atoms with Gasteiger partial charge in [-0.25, -0.2) is 0 Å². The molecule has 5 nitrogen and oxygen atoms in total. The van der Waals surface area contributed by atoms with Crippen LogP contribution in [0.1, 0.15) is 29.5 Å². The first-order chi connectivity index (χ1) is 9.65. The molecule has 0 aliphatic heterocycles. The van der Waals surface area contributed by atoms with Crippen LogP contribution in [0.4, 0.5) is 0 Å². The highest BCUT2D eigenvalue weighted by atomic mass is 16.5. The first kappa shape index (κ1) is 12.6. The average molecular weight is 273 g/mol. The lowest BCUT2D eigenvalue weighted by atomic mass is 10.2. The molecule has 0 fully saturated rings. The van der Waals surface area contributed by atoms with Crippen LogP contribution in [0.25, 0.3) is 0 Å². The van der Waals surface area contributed by atoms with Gasteiger partial charge in [-0.2, -0.15) is 0 Å². The number of esters is 1. The number of carbonyl (C=O) groups is 1. The van der Waals surface area contributed by atoms with Gasteiger partial charge in [-0.05, 0) is 12.5 Å². The number of hydrogen-bond acceptors (Lipinski definition) is 4. The quantitative estimate of drug-likeness (QED) is 0.835. The predicted octanol–water partition coefficient (Wildman–Crippen LogP) is 1.96. The van der Waals surface area contributed by atoms with Crippen LogP contribution < -0.4 is 0 Å². The van der Waals surface area contributed by atoms with E-state index in [0.29, 0.717) is 17.7 Å². The van der Waals surface area contributed by atoms with E-state index in [-0.39, 0.29) is 18.4 Å². The molecule has 0 amide bonds. The van der Waals surface area contributed by atoms with Crippen LogP contribution in [-0.4, -0.2) is 27.4 Å². The van der Waals surface area contributed by atoms with Gasteiger partial charge in [-0.15, -0.1) is 0 Å². The highest BCUT2D eigenvalue weighted by molar-refractivity contribution is 5.94. The summed E-state index contributed by atoms with van der Waals surface area (Å²) in [6.45, 7) is 2.37. The van der Waals surface area contributed by atoms with Gasteiger partial charge in [-0.1, -0.05) is 30.3 Å². The number of benzene rings is 1. The summed E-state index contributed by atoms with van der Waals surface area (Å²) in [7, 11) is 0. The zero-order valence-electron chi connectivity index (χ0n) is 11.0. The molecule has 2 aromatic rings. The number of ether oxygens (including phenoxy) is 1. The fourth-order valence-electron chi connectivity index (χ4n) is 2.49. The average Bonchev–Trinajstić information content (AvgIpc) is 3.15. The van der Waals surface area contributed by atoms with E-state index in [1.165, 1.54) is 4.57 Å². The molecule has 1 aromatic carbocycles. The molecule has 1 aliphatic carbocycles. The Hall–Kier alpha value is -2.43. The second kappa shape index (κ2) is 4.59. The SMILES string of the molecule is CCOC(=O)C1c2c1c(O)n(Cc1ccccc1)c2O. The fraction of sp³-hybridized carbons (Fsp3) is 0.267. The van der Waals surface area contributed by atoms with Gasteiger partial charge in [0.25, 0.3) is 0 Å². The minimum Gasteiger partial charge on any atom is -0.494 e. The van der Waals surface area contributed by atoms with E-state index in [0.717, 1.165) is 5.56 Å². The van der Waals surface area contributed by atoms with Crippen LogP contribution in [0.2, 0.25) is 0 Å². The van der Waals surface area contributed by atoms with Crippen molar-refractivity contribution in [1.82, 2.24) is 4.57 Å². The Labute approximate surface area is 116 Å². The molecule has 0 unspecified atom stereocenters. The van der Waals surface area contributed by atoms with Gasteiger partial charge in [0.1, 0.15) is 5.92 Å². The lowest BCUT2D eigenvalue weighted by Gasteiger charge is -2.10. The van der Waals surface area contributed by atoms with Crippen LogP contribution in [0, 0.1) is 0 Å². The summed E-state index contributed by atoms with van der Waals surface area (Å²) in [5.41, 5.74) is 1.93. The van der Waals surface area contributed by atoms with Crippen LogP contribution in [0.3, 0.4) is 0 Å². The van der Waals surface area contributed by atoms with Gasteiger partial charge in [0.05, 0.1) is 13.2 Å². The Bertz CT molecular complexity index is 633. The molecular formula is C15H15NO4. The Kier molecular flexibility index (Phi) is 2.89. The van der Waals surface area contributed by atoms with Crippen molar-refractivity contribution < 1.29 is 19.7 Å². The number of rotatable bonds is 4. The normalized spacial score (nSPS) is 13.1. The molecule has 20 heavy (non-hydrogen) atoms. The van der Waals surface area contributed by atoms with Crippen molar-refractivity contribution in [3.8, 4) is 11.8 Å². The highest BCUT2D eigenvalue weighted by Gasteiger charge is 2.50. The van der Waals surface area contributed by atoms with Crippen molar-refractivity contribution in [3.63, 3.8) is 0 Å². The van der Waals surface area contributed by atoms with Crippen molar-refractivity contribution >= 4 is 5.97 Å². The Balaban J connectivity index is 1.84. The van der Waals surface area contributed by atoms with E-state index < -0.39 is 11.9 Å². The number of fused-ring (bicyclic) bond motifs is 1. The summed E-state index contributed by atoms with van der Waals surface area (Å²) in [4.78, 5) is 11.6. The smallest absolute Gasteiger partial charge is 0.318 e. The second-order valence-electron chi connectivity index (χ2n) is 4.73. The highest BCUT2D eigenvalue weighted by Crippen LogP contribution is 2.57. The largest absolute Gasteiger partial charge is 0.494 e. The Morgan fingerprint density at radius 3 is 2.35 bits per heavy atom. The van der Waals surface area contributed by atoms with Gasteiger partial charge >= 0.3 is 5.97 Å². The number of nitrogens with zero attached hydrogens (tertiary/aromatic N) is 1. The maximum absolute atomic E-state index is 11.6. The van der Waals surface area contributed by atoms with Crippen LogP contribution in [-0.2, 0) is 16.1 Å². The first-order valence-corrected chi connectivity index (χ1v) is 6.49. The lowest BCUT2D eigenvalue weighted by Crippen LogP contribution is -2.08. The molecule has 0 bridgehead atoms. The molecule has 2 N–H and O–H groups in total. The molecular weight excluding hydrogens is 258 g/mol. The molecule has 0 radical (unpaired) electrons. The third kappa shape index (κ3) is 1.82. The number of carbonyl (C=O) groups excluding carboxylic acids is 1. The molecule has 5 heteroatoms. The number of aromatic nitrogens is 1. The topological polar surface area (TPSA) is 71.7 Å². The van der Waals surface area contributed by atoms with E-state index >= 15 is 0 Å². The molecule has 1 aromatic heterocycles. The number of hydrogen-bond donors (Lipinski definition) is 2. The monoisotopic (exact) mass is 273 g/mol. The van der Waals surface area contributed by atoms with Gasteiger partial charge in [0.2, 0.25) is 0 Å². The summed E-state index contributed by atoms with van der Waals surface area (Å²) < 4.78 is 6.30. The predicted molar refractivity (Wildman–Crippen MR) is 71.8 cm³/mol. The third-order valence-corrected chi connectivity index (χ3v) is 3.48. The number of aromatic hydroxyl groups is 2. The van der Waals surface area contributed by atoms with Gasteiger partial charge in [0, 0.05) is 11.1 Å². The zero-order chi connectivity index (χ0) is 14.3. The van der Waals surface area contributed by atoms with E-state index in [4.69, 9.17) is 4.74 Å². The van der Waals surface area contributed by atoms with Crippen molar-refractivity contribution in [2.75, 3.05) is 6.61 Å². The van der Waals surface area contributed by atoms with Crippen molar-refractivity contribution in [2.45, 2.75) is 19.4 Å². The summed E-state index contributed by atoms with van der Waals surface area (Å²) in [6, 6.07) is 9.49. The lowest BCUT2D eigenvalue weighted by molar-refractivity contribution is -0.142. The molecule has 0 saturated heterocycles. The van der Waals surface area contributed by atoms with E-state index in [2.05, 4.69) is 0 Å². The fourth-order valence-corrected chi connectivity index (χ4v) is 2.49. The molecule has 104 valence electrons. The van der Waals surface area contributed by atoms with Crippen molar-refractivity contribution in [1.29, 1.82) is 0 Å². The van der Waals surface area contributed by atoms with Crippen LogP contribution in [0.5, 0.6) is 11.8 Å². The van der Waals surface area contributed by atoms with E-state index in [9.17, 15) is 15.0 Å². The summed E-state index contributed by atoms with van der Waals surface area (Å²) in [5, 5.41) is 20.2.